The molecule has 1 aliphatic rings. The van der Waals surface area contributed by atoms with Gasteiger partial charge in [-0.3, -0.25) is 9.48 Å². The number of aromatic nitrogens is 2. The highest BCUT2D eigenvalue weighted by Gasteiger charge is 2.27. The second-order valence-corrected chi connectivity index (χ2v) is 9.27. The van der Waals surface area contributed by atoms with Gasteiger partial charge in [0.1, 0.15) is 10.6 Å². The van der Waals surface area contributed by atoms with Gasteiger partial charge in [-0.05, 0) is 43.7 Å². The van der Waals surface area contributed by atoms with Crippen LogP contribution in [0.15, 0.2) is 41.6 Å². The normalized spacial score (nSPS) is 19.7. The molecule has 0 saturated heterocycles. The summed E-state index contributed by atoms with van der Waals surface area (Å²) in [5, 5.41) is 6.83. The van der Waals surface area contributed by atoms with Crippen molar-refractivity contribution in [1.82, 2.24) is 19.8 Å². The van der Waals surface area contributed by atoms with Crippen LogP contribution in [0, 0.1) is 12.8 Å². The molecule has 2 atom stereocenters. The molecule has 3 rings (SSSR count). The largest absolute Gasteiger partial charge is 0.484 e. The van der Waals surface area contributed by atoms with Crippen LogP contribution in [0.1, 0.15) is 31.2 Å². The van der Waals surface area contributed by atoms with Crippen LogP contribution >= 0.6 is 0 Å². The third-order valence-electron chi connectivity index (χ3n) is 5.14. The lowest BCUT2D eigenvalue weighted by Gasteiger charge is -2.29. The number of nitrogens with zero attached hydrogens (tertiary/aromatic N) is 2. The van der Waals surface area contributed by atoms with E-state index >= 15 is 0 Å². The average molecular weight is 421 g/mol. The van der Waals surface area contributed by atoms with Crippen molar-refractivity contribution in [3.8, 4) is 5.75 Å². The van der Waals surface area contributed by atoms with Gasteiger partial charge in [-0.15, -0.1) is 0 Å². The van der Waals surface area contributed by atoms with E-state index in [1.807, 2.05) is 31.2 Å². The van der Waals surface area contributed by atoms with Gasteiger partial charge in [0.2, 0.25) is 10.0 Å². The highest BCUT2D eigenvalue weighted by molar-refractivity contribution is 7.89. The molecule has 2 aromatic rings. The number of ether oxygens (including phenoxy) is 1. The zero-order valence-corrected chi connectivity index (χ0v) is 17.6. The first-order chi connectivity index (χ1) is 13.8. The van der Waals surface area contributed by atoms with Crippen LogP contribution in [-0.4, -0.2) is 43.3 Å². The molecular weight excluding hydrogens is 392 g/mol. The molecular formula is C20H28N4O4S. The molecule has 0 radical (unpaired) electrons. The first-order valence-electron chi connectivity index (χ1n) is 9.79. The Morgan fingerprint density at radius 2 is 2.10 bits per heavy atom. The van der Waals surface area contributed by atoms with Crippen molar-refractivity contribution in [1.29, 1.82) is 0 Å². The second-order valence-electron chi connectivity index (χ2n) is 7.56. The first-order valence-corrected chi connectivity index (χ1v) is 11.3. The van der Waals surface area contributed by atoms with E-state index in [2.05, 4.69) is 15.1 Å². The van der Waals surface area contributed by atoms with Crippen LogP contribution in [0.4, 0.5) is 0 Å². The van der Waals surface area contributed by atoms with Gasteiger partial charge in [-0.1, -0.05) is 24.6 Å². The van der Waals surface area contributed by atoms with Crippen molar-refractivity contribution >= 4 is 15.9 Å². The molecule has 8 nitrogen and oxygen atoms in total. The van der Waals surface area contributed by atoms with Gasteiger partial charge in [-0.25, -0.2) is 13.1 Å². The number of hydrogen-bond acceptors (Lipinski definition) is 5. The molecule has 1 heterocycles. The Hall–Kier alpha value is -2.39. The van der Waals surface area contributed by atoms with Gasteiger partial charge >= 0.3 is 0 Å². The monoisotopic (exact) mass is 420 g/mol. The number of nitrogens with one attached hydrogen (secondary N) is 2. The number of hydrogen-bond donors (Lipinski definition) is 2. The highest BCUT2D eigenvalue weighted by atomic mass is 32.2. The Morgan fingerprint density at radius 1 is 1.31 bits per heavy atom. The van der Waals surface area contributed by atoms with Crippen molar-refractivity contribution < 1.29 is 17.9 Å². The molecule has 1 saturated carbocycles. The summed E-state index contributed by atoms with van der Waals surface area (Å²) in [6.45, 7) is 2.41. The maximum atomic E-state index is 12.5. The number of amides is 1. The zero-order chi connectivity index (χ0) is 20.9. The summed E-state index contributed by atoms with van der Waals surface area (Å²) in [7, 11) is -1.90. The van der Waals surface area contributed by atoms with Gasteiger partial charge in [-0.2, -0.15) is 5.10 Å². The summed E-state index contributed by atoms with van der Waals surface area (Å²) in [5.41, 5.74) is 0.983. The molecule has 29 heavy (non-hydrogen) atoms. The van der Waals surface area contributed by atoms with Crippen molar-refractivity contribution in [2.24, 2.45) is 13.0 Å². The lowest BCUT2D eigenvalue weighted by molar-refractivity contribution is -0.123. The Bertz CT molecular complexity index is 941. The third-order valence-corrected chi connectivity index (χ3v) is 6.61. The standard InChI is InChI=1S/C20H28N4O4S/c1-15-6-3-4-9-19(15)28-14-20(25)21-11-16-7-5-8-17(10-16)23-29(26,27)18-12-22-24(2)13-18/h3-4,6,9,12-13,16-17,23H,5,7-8,10-11,14H2,1-2H3,(H,21,25)/t16-,17+/m1/s1. The van der Waals surface area contributed by atoms with Crippen LogP contribution < -0.4 is 14.8 Å². The van der Waals surface area contributed by atoms with E-state index < -0.39 is 10.0 Å². The van der Waals surface area contributed by atoms with E-state index in [0.29, 0.717) is 18.7 Å². The predicted molar refractivity (Wildman–Crippen MR) is 109 cm³/mol. The van der Waals surface area contributed by atoms with Gasteiger partial charge in [0.15, 0.2) is 6.61 Å². The molecule has 158 valence electrons. The molecule has 1 fully saturated rings. The fraction of sp³-hybridized carbons (Fsp3) is 0.500. The number of aryl methyl sites for hydroxylation is 2. The van der Waals surface area contributed by atoms with Gasteiger partial charge in [0, 0.05) is 25.8 Å². The number of benzene rings is 1. The van der Waals surface area contributed by atoms with Crippen LogP contribution in [0.25, 0.3) is 0 Å². The fourth-order valence-electron chi connectivity index (χ4n) is 3.58. The topological polar surface area (TPSA) is 102 Å². The van der Waals surface area contributed by atoms with E-state index in [-0.39, 0.29) is 29.4 Å². The lowest BCUT2D eigenvalue weighted by atomic mass is 9.86. The summed E-state index contributed by atoms with van der Waals surface area (Å²) >= 11 is 0. The number of para-hydroxylation sites is 1. The SMILES string of the molecule is Cc1ccccc1OCC(=O)NC[C@@H]1CCC[C@H](NS(=O)(=O)c2cnn(C)c2)C1. The Kier molecular flexibility index (Phi) is 6.92. The third kappa shape index (κ3) is 6.04. The minimum Gasteiger partial charge on any atom is -0.484 e. The van der Waals surface area contributed by atoms with Crippen LogP contribution in [-0.2, 0) is 21.9 Å². The highest BCUT2D eigenvalue weighted by Crippen LogP contribution is 2.25. The smallest absolute Gasteiger partial charge is 0.257 e. The minimum absolute atomic E-state index is 0.0331. The summed E-state index contributed by atoms with van der Waals surface area (Å²) in [6, 6.07) is 7.42. The zero-order valence-electron chi connectivity index (χ0n) is 16.8. The van der Waals surface area contributed by atoms with E-state index in [4.69, 9.17) is 4.74 Å². The molecule has 0 spiro atoms. The van der Waals surface area contributed by atoms with E-state index in [0.717, 1.165) is 24.8 Å². The van der Waals surface area contributed by atoms with Crippen LogP contribution in [0.3, 0.4) is 0 Å². The number of carbonyl (C=O) groups excluding carboxylic acids is 1. The summed E-state index contributed by atoms with van der Waals surface area (Å²) in [6.07, 6.45) is 6.19. The number of carbonyl (C=O) groups is 1. The molecule has 9 heteroatoms. The van der Waals surface area contributed by atoms with E-state index in [9.17, 15) is 13.2 Å². The number of rotatable bonds is 8. The molecule has 2 N–H and O–H groups in total. The fourth-order valence-corrected chi connectivity index (χ4v) is 4.85. The molecule has 0 bridgehead atoms. The Morgan fingerprint density at radius 3 is 2.83 bits per heavy atom. The maximum absolute atomic E-state index is 12.5. The first kappa shape index (κ1) is 21.3. The molecule has 1 aromatic heterocycles. The Balaban J connectivity index is 1.45. The van der Waals surface area contributed by atoms with E-state index in [1.54, 1.807) is 7.05 Å². The average Bonchev–Trinajstić information content (AvgIpc) is 3.13. The van der Waals surface area contributed by atoms with Crippen molar-refractivity contribution in [3.05, 3.63) is 42.2 Å². The van der Waals surface area contributed by atoms with Gasteiger partial charge in [0.25, 0.3) is 5.91 Å². The Labute approximate surface area is 171 Å². The summed E-state index contributed by atoms with van der Waals surface area (Å²) in [5.74, 6) is 0.754. The number of sulfonamides is 1. The quantitative estimate of drug-likeness (QED) is 0.678. The molecule has 1 aliphatic carbocycles. The van der Waals surface area contributed by atoms with E-state index in [1.165, 1.54) is 17.1 Å². The second kappa shape index (κ2) is 9.41. The molecule has 1 aromatic carbocycles. The molecule has 1 amide bonds. The van der Waals surface area contributed by atoms with Crippen LogP contribution in [0.5, 0.6) is 5.75 Å². The minimum atomic E-state index is -3.58. The molecule has 0 unspecified atom stereocenters. The molecule has 0 aliphatic heterocycles. The summed E-state index contributed by atoms with van der Waals surface area (Å²) < 4.78 is 34.8. The van der Waals surface area contributed by atoms with Gasteiger partial charge < -0.3 is 10.1 Å². The van der Waals surface area contributed by atoms with Crippen LogP contribution in [0.2, 0.25) is 0 Å². The van der Waals surface area contributed by atoms with Gasteiger partial charge in [0.05, 0.1) is 6.20 Å². The van der Waals surface area contributed by atoms with Crippen molar-refractivity contribution in [2.75, 3.05) is 13.2 Å². The van der Waals surface area contributed by atoms with Crippen molar-refractivity contribution in [3.63, 3.8) is 0 Å². The predicted octanol–water partition coefficient (Wildman–Crippen LogP) is 1.76. The lowest BCUT2D eigenvalue weighted by Crippen LogP contribution is -2.41. The van der Waals surface area contributed by atoms with Crippen molar-refractivity contribution in [2.45, 2.75) is 43.5 Å². The maximum Gasteiger partial charge on any atom is 0.257 e. The summed E-state index contributed by atoms with van der Waals surface area (Å²) in [4.78, 5) is 12.3.